The minimum absolute atomic E-state index is 0.0283. The van der Waals surface area contributed by atoms with E-state index in [1.807, 2.05) is 30.5 Å². The molecule has 2 atom stereocenters. The molecule has 1 amide bonds. The summed E-state index contributed by atoms with van der Waals surface area (Å²) in [5, 5.41) is 12.8. The number of hydrogen-bond acceptors (Lipinski definition) is 5. The maximum absolute atomic E-state index is 12.2. The zero-order valence-electron chi connectivity index (χ0n) is 14.7. The Kier molecular flexibility index (Phi) is 4.97. The third-order valence-electron chi connectivity index (χ3n) is 5.01. The normalized spacial score (nSPS) is 20.3. The van der Waals surface area contributed by atoms with Crippen molar-refractivity contribution in [3.63, 3.8) is 0 Å². The van der Waals surface area contributed by atoms with Gasteiger partial charge in [-0.15, -0.1) is 10.2 Å². The van der Waals surface area contributed by atoms with Crippen molar-refractivity contribution in [1.29, 1.82) is 0 Å². The highest BCUT2D eigenvalue weighted by atomic mass is 32.2. The highest BCUT2D eigenvalue weighted by Crippen LogP contribution is 2.29. The second-order valence-corrected chi connectivity index (χ2v) is 7.77. The molecule has 0 spiro atoms. The number of carbonyl (C=O) groups excluding carboxylic acids is 1. The van der Waals surface area contributed by atoms with Crippen LogP contribution in [0.15, 0.2) is 40.1 Å². The molecule has 7 heteroatoms. The van der Waals surface area contributed by atoms with Gasteiger partial charge in [0, 0.05) is 23.1 Å². The molecule has 2 heterocycles. The molecule has 1 aromatic carbocycles. The molecule has 0 radical (unpaired) electrons. The molecule has 3 aromatic rings. The zero-order valence-corrected chi connectivity index (χ0v) is 15.5. The third kappa shape index (κ3) is 3.62. The molecular weight excluding hydrogens is 348 g/mol. The number of nitrogens with one attached hydrogen (secondary N) is 2. The maximum Gasteiger partial charge on any atom is 0.277 e. The van der Waals surface area contributed by atoms with Gasteiger partial charge < -0.3 is 14.7 Å². The number of fused-ring (bicyclic) bond motifs is 1. The molecule has 6 nitrogen and oxygen atoms in total. The van der Waals surface area contributed by atoms with E-state index in [-0.39, 0.29) is 5.91 Å². The number of thioether (sulfide) groups is 1. The average Bonchev–Trinajstić information content (AvgIpc) is 3.28. The number of aromatic amines is 1. The lowest BCUT2D eigenvalue weighted by Crippen LogP contribution is -2.41. The Balaban J connectivity index is 1.37. The lowest BCUT2D eigenvalue weighted by molar-refractivity contribution is -0.119. The Hall–Kier alpha value is -2.28. The Morgan fingerprint density at radius 2 is 2.15 bits per heavy atom. The van der Waals surface area contributed by atoms with Crippen LogP contribution < -0.4 is 5.32 Å². The van der Waals surface area contributed by atoms with Crippen LogP contribution >= 0.6 is 11.8 Å². The molecule has 1 fully saturated rings. The van der Waals surface area contributed by atoms with Crippen molar-refractivity contribution in [1.82, 2.24) is 20.5 Å². The van der Waals surface area contributed by atoms with E-state index in [4.69, 9.17) is 4.42 Å². The Morgan fingerprint density at radius 3 is 3.04 bits per heavy atom. The first-order valence-electron chi connectivity index (χ1n) is 9.03. The standard InChI is InChI=1S/C19H22N4O2S/c1-12-6-2-4-8-15(12)21-17(24)11-26-19-23-22-18(25-19)14-10-20-16-9-5-3-7-13(14)16/h3,5,7,9-10,12,15,20H,2,4,6,8,11H2,1H3,(H,21,24)/t12-,15+/m0/s1. The van der Waals surface area contributed by atoms with Crippen LogP contribution in [0.1, 0.15) is 32.6 Å². The van der Waals surface area contributed by atoms with E-state index >= 15 is 0 Å². The monoisotopic (exact) mass is 370 g/mol. The molecule has 136 valence electrons. The molecule has 26 heavy (non-hydrogen) atoms. The van der Waals surface area contributed by atoms with E-state index in [0.29, 0.717) is 28.8 Å². The zero-order chi connectivity index (χ0) is 17.9. The molecule has 1 aliphatic rings. The van der Waals surface area contributed by atoms with Crippen molar-refractivity contribution < 1.29 is 9.21 Å². The predicted octanol–water partition coefficient (Wildman–Crippen LogP) is 4.00. The number of aromatic nitrogens is 3. The van der Waals surface area contributed by atoms with Gasteiger partial charge in [-0.3, -0.25) is 4.79 Å². The molecule has 0 aliphatic heterocycles. The fourth-order valence-corrected chi connectivity index (χ4v) is 4.11. The molecule has 4 rings (SSSR count). The van der Waals surface area contributed by atoms with E-state index < -0.39 is 0 Å². The van der Waals surface area contributed by atoms with Gasteiger partial charge in [0.25, 0.3) is 11.1 Å². The summed E-state index contributed by atoms with van der Waals surface area (Å²) in [4.78, 5) is 15.4. The number of hydrogen-bond donors (Lipinski definition) is 2. The van der Waals surface area contributed by atoms with Crippen LogP contribution in [0.25, 0.3) is 22.4 Å². The van der Waals surface area contributed by atoms with E-state index in [1.54, 1.807) is 0 Å². The fourth-order valence-electron chi connectivity index (χ4n) is 3.53. The van der Waals surface area contributed by atoms with Crippen LogP contribution in [-0.2, 0) is 4.79 Å². The summed E-state index contributed by atoms with van der Waals surface area (Å²) in [7, 11) is 0. The maximum atomic E-state index is 12.2. The molecule has 0 bridgehead atoms. The van der Waals surface area contributed by atoms with Crippen molar-refractivity contribution in [2.75, 3.05) is 5.75 Å². The molecule has 2 N–H and O–H groups in total. The highest BCUT2D eigenvalue weighted by molar-refractivity contribution is 7.99. The minimum atomic E-state index is 0.0283. The van der Waals surface area contributed by atoms with Gasteiger partial charge in [-0.2, -0.15) is 0 Å². The minimum Gasteiger partial charge on any atom is -0.411 e. The molecule has 1 aliphatic carbocycles. The Labute approximate surface area is 156 Å². The van der Waals surface area contributed by atoms with Gasteiger partial charge in [0.2, 0.25) is 5.91 Å². The second kappa shape index (κ2) is 7.53. The van der Waals surface area contributed by atoms with Crippen LogP contribution in [0.2, 0.25) is 0 Å². The third-order valence-corrected chi connectivity index (χ3v) is 5.83. The number of amides is 1. The van der Waals surface area contributed by atoms with E-state index in [0.717, 1.165) is 22.9 Å². The summed E-state index contributed by atoms with van der Waals surface area (Å²) < 4.78 is 5.74. The first-order valence-corrected chi connectivity index (χ1v) is 10.0. The number of nitrogens with zero attached hydrogens (tertiary/aromatic N) is 2. The molecule has 0 saturated heterocycles. The first-order chi connectivity index (χ1) is 12.7. The SMILES string of the molecule is C[C@H]1CCCC[C@H]1NC(=O)CSc1nnc(-c2c[nH]c3ccccc23)o1. The number of rotatable bonds is 5. The highest BCUT2D eigenvalue weighted by Gasteiger charge is 2.23. The van der Waals surface area contributed by atoms with Gasteiger partial charge in [-0.1, -0.05) is 49.7 Å². The first kappa shape index (κ1) is 17.1. The quantitative estimate of drug-likeness (QED) is 0.663. The second-order valence-electron chi connectivity index (χ2n) is 6.85. The summed E-state index contributed by atoms with van der Waals surface area (Å²) in [6.07, 6.45) is 6.59. The topological polar surface area (TPSA) is 83.8 Å². The summed E-state index contributed by atoms with van der Waals surface area (Å²) in [6, 6.07) is 8.26. The summed E-state index contributed by atoms with van der Waals surface area (Å²) >= 11 is 1.28. The average molecular weight is 370 g/mol. The van der Waals surface area contributed by atoms with Crippen LogP contribution in [0.5, 0.6) is 0 Å². The number of H-pyrrole nitrogens is 1. The fraction of sp³-hybridized carbons (Fsp3) is 0.421. The van der Waals surface area contributed by atoms with Gasteiger partial charge in [-0.05, 0) is 24.8 Å². The van der Waals surface area contributed by atoms with Gasteiger partial charge >= 0.3 is 0 Å². The van der Waals surface area contributed by atoms with Gasteiger partial charge in [-0.25, -0.2) is 0 Å². The summed E-state index contributed by atoms with van der Waals surface area (Å²) in [6.45, 7) is 2.21. The van der Waals surface area contributed by atoms with Crippen LogP contribution in [0.4, 0.5) is 0 Å². The van der Waals surface area contributed by atoms with Crippen LogP contribution in [0.3, 0.4) is 0 Å². The molecule has 2 aromatic heterocycles. The van der Waals surface area contributed by atoms with E-state index in [2.05, 4.69) is 27.4 Å². The number of carbonyl (C=O) groups is 1. The van der Waals surface area contributed by atoms with Crippen molar-refractivity contribution >= 4 is 28.6 Å². The lowest BCUT2D eigenvalue weighted by Gasteiger charge is -2.29. The van der Waals surface area contributed by atoms with E-state index in [1.165, 1.54) is 31.0 Å². The largest absolute Gasteiger partial charge is 0.411 e. The summed E-state index contributed by atoms with van der Waals surface area (Å²) in [5.74, 6) is 1.33. The van der Waals surface area contributed by atoms with Crippen molar-refractivity contribution in [2.24, 2.45) is 5.92 Å². The van der Waals surface area contributed by atoms with Gasteiger partial charge in [0.05, 0.1) is 11.3 Å². The smallest absolute Gasteiger partial charge is 0.277 e. The Bertz CT molecular complexity index is 904. The molecular formula is C19H22N4O2S. The molecule has 1 saturated carbocycles. The predicted molar refractivity (Wildman–Crippen MR) is 102 cm³/mol. The number of para-hydroxylation sites is 1. The molecule has 0 unspecified atom stereocenters. The van der Waals surface area contributed by atoms with Gasteiger partial charge in [0.15, 0.2) is 0 Å². The van der Waals surface area contributed by atoms with Crippen molar-refractivity contribution in [3.8, 4) is 11.5 Å². The van der Waals surface area contributed by atoms with E-state index in [9.17, 15) is 4.79 Å². The van der Waals surface area contributed by atoms with Crippen molar-refractivity contribution in [3.05, 3.63) is 30.5 Å². The number of benzene rings is 1. The van der Waals surface area contributed by atoms with Crippen molar-refractivity contribution in [2.45, 2.75) is 43.9 Å². The Morgan fingerprint density at radius 1 is 1.31 bits per heavy atom. The van der Waals surface area contributed by atoms with Gasteiger partial charge in [0.1, 0.15) is 0 Å². The summed E-state index contributed by atoms with van der Waals surface area (Å²) in [5.41, 5.74) is 1.90. The lowest BCUT2D eigenvalue weighted by atomic mass is 9.86. The van der Waals surface area contributed by atoms with Crippen LogP contribution in [0, 0.1) is 5.92 Å². The van der Waals surface area contributed by atoms with Crippen LogP contribution in [-0.4, -0.2) is 32.9 Å².